The van der Waals surface area contributed by atoms with Crippen LogP contribution in [0.2, 0.25) is 5.02 Å². The van der Waals surface area contributed by atoms with Gasteiger partial charge < -0.3 is 5.32 Å². The summed E-state index contributed by atoms with van der Waals surface area (Å²) in [5, 5.41) is 12.3. The van der Waals surface area contributed by atoms with E-state index in [1.807, 2.05) is 50.2 Å². The van der Waals surface area contributed by atoms with Crippen LogP contribution in [0.15, 0.2) is 65.7 Å². The van der Waals surface area contributed by atoms with Crippen molar-refractivity contribution in [3.8, 4) is 11.3 Å². The molecule has 0 atom stereocenters. The van der Waals surface area contributed by atoms with Crippen LogP contribution in [-0.4, -0.2) is 29.7 Å². The van der Waals surface area contributed by atoms with Crippen molar-refractivity contribution in [2.24, 2.45) is 0 Å². The molecule has 0 aliphatic carbocycles. The lowest BCUT2D eigenvalue weighted by Crippen LogP contribution is -2.28. The van der Waals surface area contributed by atoms with Gasteiger partial charge in [-0.25, -0.2) is 18.4 Å². The van der Waals surface area contributed by atoms with Crippen LogP contribution in [0.1, 0.15) is 11.1 Å². The van der Waals surface area contributed by atoms with Crippen molar-refractivity contribution in [1.29, 1.82) is 0 Å². The van der Waals surface area contributed by atoms with Gasteiger partial charge in [0.1, 0.15) is 12.1 Å². The highest BCUT2D eigenvalue weighted by Crippen LogP contribution is 2.22. The zero-order valence-electron chi connectivity index (χ0n) is 17.4. The van der Waals surface area contributed by atoms with Crippen molar-refractivity contribution in [3.63, 3.8) is 0 Å². The zero-order valence-corrected chi connectivity index (χ0v) is 18.2. The van der Waals surface area contributed by atoms with E-state index in [-0.39, 0.29) is 12.5 Å². The van der Waals surface area contributed by atoms with Gasteiger partial charge in [-0.3, -0.25) is 4.79 Å². The Morgan fingerprint density at radius 1 is 1.03 bits per heavy atom. The van der Waals surface area contributed by atoms with Crippen molar-refractivity contribution >= 4 is 34.4 Å². The molecule has 0 fully saturated rings. The van der Waals surface area contributed by atoms with Gasteiger partial charge in [0.25, 0.3) is 0 Å². The molecular formula is C23H19ClN6O2. The van der Waals surface area contributed by atoms with Crippen molar-refractivity contribution in [3.05, 3.63) is 87.6 Å². The molecule has 32 heavy (non-hydrogen) atoms. The fourth-order valence-electron chi connectivity index (χ4n) is 3.56. The molecule has 0 spiro atoms. The Labute approximate surface area is 187 Å². The summed E-state index contributed by atoms with van der Waals surface area (Å²) < 4.78 is 4.23. The van der Waals surface area contributed by atoms with E-state index in [1.54, 1.807) is 29.0 Å². The maximum Gasteiger partial charge on any atom is 0.350 e. The Morgan fingerprint density at radius 2 is 1.81 bits per heavy atom. The summed E-state index contributed by atoms with van der Waals surface area (Å²) in [4.78, 5) is 25.4. The molecule has 1 amide bonds. The number of nitrogens with zero attached hydrogens (tertiary/aromatic N) is 5. The highest BCUT2D eigenvalue weighted by molar-refractivity contribution is 6.31. The molecule has 3 heterocycles. The standard InChI is InChI=1S/C23H19ClN6O2/c1-14-3-6-16(7-4-14)19-12-20-22-27-30(23(32)28(22)9-10-29(20)26-19)13-21(31)25-18-11-17(24)8-5-15(18)2/h3-12H,13H2,1-2H3,(H,25,31). The van der Waals surface area contributed by atoms with Gasteiger partial charge in [-0.1, -0.05) is 47.5 Å². The first-order valence-corrected chi connectivity index (χ1v) is 10.4. The molecular weight excluding hydrogens is 428 g/mol. The van der Waals surface area contributed by atoms with E-state index in [9.17, 15) is 9.59 Å². The number of benzene rings is 2. The Morgan fingerprint density at radius 3 is 2.59 bits per heavy atom. The van der Waals surface area contributed by atoms with Crippen LogP contribution < -0.4 is 11.0 Å². The first-order chi connectivity index (χ1) is 15.4. The predicted octanol–water partition coefficient (Wildman–Crippen LogP) is 3.72. The summed E-state index contributed by atoms with van der Waals surface area (Å²) in [5.74, 6) is -0.370. The van der Waals surface area contributed by atoms with E-state index in [0.29, 0.717) is 21.9 Å². The number of anilines is 1. The van der Waals surface area contributed by atoms with E-state index in [0.717, 1.165) is 27.1 Å². The average Bonchev–Trinajstić information content (AvgIpc) is 3.33. The van der Waals surface area contributed by atoms with E-state index in [2.05, 4.69) is 15.5 Å². The minimum Gasteiger partial charge on any atom is -0.324 e. The van der Waals surface area contributed by atoms with Gasteiger partial charge in [-0.15, -0.1) is 5.10 Å². The number of fused-ring (bicyclic) bond motifs is 3. The third-order valence-electron chi connectivity index (χ3n) is 5.31. The highest BCUT2D eigenvalue weighted by atomic mass is 35.5. The van der Waals surface area contributed by atoms with Gasteiger partial charge in [0.05, 0.1) is 5.69 Å². The second-order valence-corrected chi connectivity index (χ2v) is 8.10. The van der Waals surface area contributed by atoms with E-state index >= 15 is 0 Å². The van der Waals surface area contributed by atoms with Crippen LogP contribution in [0, 0.1) is 13.8 Å². The lowest BCUT2D eigenvalue weighted by atomic mass is 10.1. The zero-order chi connectivity index (χ0) is 22.4. The molecule has 3 aromatic heterocycles. The Bertz CT molecular complexity index is 1550. The third-order valence-corrected chi connectivity index (χ3v) is 5.54. The van der Waals surface area contributed by atoms with Gasteiger partial charge in [-0.05, 0) is 37.6 Å². The SMILES string of the molecule is Cc1ccc(-c2cc3c4nn(CC(=O)Nc5cc(Cl)ccc5C)c(=O)n4ccn3n2)cc1. The number of hydrogen-bond donors (Lipinski definition) is 1. The summed E-state index contributed by atoms with van der Waals surface area (Å²) in [7, 11) is 0. The molecule has 5 aromatic rings. The number of carbonyl (C=O) groups excluding carboxylic acids is 1. The molecule has 160 valence electrons. The number of rotatable bonds is 4. The first kappa shape index (κ1) is 20.0. The van der Waals surface area contributed by atoms with Gasteiger partial charge in [-0.2, -0.15) is 5.10 Å². The van der Waals surface area contributed by atoms with Crippen LogP contribution in [-0.2, 0) is 11.3 Å². The number of carbonyl (C=O) groups is 1. The fraction of sp³-hybridized carbons (Fsp3) is 0.130. The quantitative estimate of drug-likeness (QED) is 0.456. The van der Waals surface area contributed by atoms with Crippen molar-refractivity contribution in [1.82, 2.24) is 23.8 Å². The number of nitrogens with one attached hydrogen (secondary N) is 1. The average molecular weight is 447 g/mol. The largest absolute Gasteiger partial charge is 0.350 e. The molecule has 0 aliphatic heterocycles. The van der Waals surface area contributed by atoms with Crippen molar-refractivity contribution in [2.45, 2.75) is 20.4 Å². The van der Waals surface area contributed by atoms with Crippen LogP contribution in [0.5, 0.6) is 0 Å². The fourth-order valence-corrected chi connectivity index (χ4v) is 3.73. The first-order valence-electron chi connectivity index (χ1n) is 10.00. The molecule has 0 unspecified atom stereocenters. The molecule has 0 saturated carbocycles. The minimum atomic E-state index is -0.404. The van der Waals surface area contributed by atoms with E-state index in [1.165, 1.54) is 4.40 Å². The second kappa shape index (κ2) is 7.65. The maximum atomic E-state index is 12.8. The monoisotopic (exact) mass is 446 g/mol. The molecule has 0 radical (unpaired) electrons. The van der Waals surface area contributed by atoms with E-state index in [4.69, 9.17) is 11.6 Å². The van der Waals surface area contributed by atoms with Crippen molar-refractivity contribution < 1.29 is 4.79 Å². The topological polar surface area (TPSA) is 85.7 Å². The summed E-state index contributed by atoms with van der Waals surface area (Å²) in [6, 6.07) is 15.2. The molecule has 0 saturated heterocycles. The molecule has 2 aromatic carbocycles. The van der Waals surface area contributed by atoms with Crippen LogP contribution in [0.25, 0.3) is 22.4 Å². The van der Waals surface area contributed by atoms with Crippen LogP contribution >= 0.6 is 11.6 Å². The maximum absolute atomic E-state index is 12.8. The normalized spacial score (nSPS) is 11.3. The lowest BCUT2D eigenvalue weighted by molar-refractivity contribution is -0.117. The molecule has 0 aliphatic rings. The number of halogens is 1. The van der Waals surface area contributed by atoms with E-state index < -0.39 is 5.69 Å². The molecule has 1 N–H and O–H groups in total. The third kappa shape index (κ3) is 3.54. The molecule has 8 nitrogen and oxygen atoms in total. The van der Waals surface area contributed by atoms with Crippen molar-refractivity contribution in [2.75, 3.05) is 5.32 Å². The van der Waals surface area contributed by atoms with Crippen LogP contribution in [0.4, 0.5) is 5.69 Å². The summed E-state index contributed by atoms with van der Waals surface area (Å²) in [6.07, 6.45) is 3.29. The Kier molecular flexibility index (Phi) is 4.79. The van der Waals surface area contributed by atoms with Gasteiger partial charge in [0.2, 0.25) is 5.91 Å². The van der Waals surface area contributed by atoms with Gasteiger partial charge in [0.15, 0.2) is 5.65 Å². The Hall–Kier alpha value is -3.91. The summed E-state index contributed by atoms with van der Waals surface area (Å²) in [6.45, 7) is 3.67. The summed E-state index contributed by atoms with van der Waals surface area (Å²) >= 11 is 6.02. The summed E-state index contributed by atoms with van der Waals surface area (Å²) in [5.41, 5.74) is 5.06. The molecule has 0 bridgehead atoms. The molecule has 5 rings (SSSR count). The lowest BCUT2D eigenvalue weighted by Gasteiger charge is -2.08. The number of amides is 1. The predicted molar refractivity (Wildman–Crippen MR) is 123 cm³/mol. The highest BCUT2D eigenvalue weighted by Gasteiger charge is 2.16. The number of hydrogen-bond acceptors (Lipinski definition) is 4. The Balaban J connectivity index is 1.49. The number of aromatic nitrogens is 5. The van der Waals surface area contributed by atoms with Gasteiger partial charge >= 0.3 is 5.69 Å². The smallest absolute Gasteiger partial charge is 0.324 e. The van der Waals surface area contributed by atoms with Crippen LogP contribution in [0.3, 0.4) is 0 Å². The minimum absolute atomic E-state index is 0.225. The molecule has 9 heteroatoms. The van der Waals surface area contributed by atoms with Gasteiger partial charge in [0, 0.05) is 28.7 Å². The second-order valence-electron chi connectivity index (χ2n) is 7.66. The number of aryl methyl sites for hydroxylation is 2.